The molecule has 1 unspecified atom stereocenters. The van der Waals surface area contributed by atoms with Gasteiger partial charge in [-0.3, -0.25) is 15.1 Å². The molecule has 1 fully saturated rings. The maximum absolute atomic E-state index is 11.1. The van der Waals surface area contributed by atoms with Crippen LogP contribution in [0.5, 0.6) is 0 Å². The van der Waals surface area contributed by atoms with Crippen LogP contribution in [-0.2, 0) is 4.79 Å². The summed E-state index contributed by atoms with van der Waals surface area (Å²) < 4.78 is 0. The van der Waals surface area contributed by atoms with E-state index >= 15 is 0 Å². The molecule has 82 valence electrons. The number of nitrogens with one attached hydrogen (secondary N) is 1. The van der Waals surface area contributed by atoms with Crippen molar-refractivity contribution in [3.8, 4) is 0 Å². The highest BCUT2D eigenvalue weighted by molar-refractivity contribution is 5.75. The smallest absolute Gasteiger partial charge is 0.235 e. The van der Waals surface area contributed by atoms with Crippen LogP contribution in [0.4, 0.5) is 0 Å². The van der Waals surface area contributed by atoms with Crippen molar-refractivity contribution < 1.29 is 4.79 Å². The van der Waals surface area contributed by atoms with Crippen LogP contribution in [0.25, 0.3) is 0 Å². The van der Waals surface area contributed by atoms with Crippen LogP contribution in [0.1, 0.15) is 40.0 Å². The van der Waals surface area contributed by atoms with Gasteiger partial charge in [-0.25, -0.2) is 5.84 Å². The van der Waals surface area contributed by atoms with Gasteiger partial charge in [-0.1, -0.05) is 0 Å². The standard InChI is InChI=1S/C10H21N3O/c1-8(7-9(14)12-11)13-6-4-5-10(13,2)3/h8H,4-7,11H2,1-3H3,(H,12,14). The largest absolute Gasteiger partial charge is 0.295 e. The third-order valence-electron chi connectivity index (χ3n) is 3.14. The predicted octanol–water partition coefficient (Wildman–Crippen LogP) is 0.629. The Morgan fingerprint density at radius 1 is 1.64 bits per heavy atom. The molecule has 1 saturated heterocycles. The van der Waals surface area contributed by atoms with Crippen molar-refractivity contribution in [1.82, 2.24) is 10.3 Å². The quantitative estimate of drug-likeness (QED) is 0.398. The Kier molecular flexibility index (Phi) is 3.50. The summed E-state index contributed by atoms with van der Waals surface area (Å²) in [5.74, 6) is 4.99. The molecule has 1 amide bonds. The molecule has 0 spiro atoms. The monoisotopic (exact) mass is 199 g/mol. The molecule has 1 atom stereocenters. The van der Waals surface area contributed by atoms with Crippen LogP contribution < -0.4 is 11.3 Å². The van der Waals surface area contributed by atoms with E-state index in [1.807, 2.05) is 0 Å². The first-order valence-corrected chi connectivity index (χ1v) is 5.23. The summed E-state index contributed by atoms with van der Waals surface area (Å²) in [5, 5.41) is 0. The van der Waals surface area contributed by atoms with Gasteiger partial charge in [0.15, 0.2) is 0 Å². The topological polar surface area (TPSA) is 58.4 Å². The van der Waals surface area contributed by atoms with Gasteiger partial charge in [0.25, 0.3) is 0 Å². The Morgan fingerprint density at radius 2 is 2.29 bits per heavy atom. The highest BCUT2D eigenvalue weighted by atomic mass is 16.2. The number of nitrogens with zero attached hydrogens (tertiary/aromatic N) is 1. The lowest BCUT2D eigenvalue weighted by atomic mass is 10.00. The first kappa shape index (κ1) is 11.5. The molecule has 1 aliphatic rings. The van der Waals surface area contributed by atoms with E-state index in [1.165, 1.54) is 12.8 Å². The summed E-state index contributed by atoms with van der Waals surface area (Å²) >= 11 is 0. The van der Waals surface area contributed by atoms with Gasteiger partial charge in [-0.15, -0.1) is 0 Å². The lowest BCUT2D eigenvalue weighted by Gasteiger charge is -2.36. The van der Waals surface area contributed by atoms with E-state index in [2.05, 4.69) is 31.1 Å². The van der Waals surface area contributed by atoms with Crippen molar-refractivity contribution in [1.29, 1.82) is 0 Å². The number of likely N-dealkylation sites (tertiary alicyclic amines) is 1. The maximum Gasteiger partial charge on any atom is 0.235 e. The van der Waals surface area contributed by atoms with Gasteiger partial charge in [-0.05, 0) is 40.2 Å². The summed E-state index contributed by atoms with van der Waals surface area (Å²) in [6, 6.07) is 0.274. The highest BCUT2D eigenvalue weighted by Gasteiger charge is 2.35. The normalized spacial score (nSPS) is 23.4. The predicted molar refractivity (Wildman–Crippen MR) is 56.4 cm³/mol. The van der Waals surface area contributed by atoms with Gasteiger partial charge in [0, 0.05) is 18.0 Å². The first-order valence-electron chi connectivity index (χ1n) is 5.23. The van der Waals surface area contributed by atoms with Crippen molar-refractivity contribution in [2.24, 2.45) is 5.84 Å². The van der Waals surface area contributed by atoms with Gasteiger partial charge in [0.05, 0.1) is 0 Å². The van der Waals surface area contributed by atoms with E-state index in [4.69, 9.17) is 5.84 Å². The number of carbonyl (C=O) groups excluding carboxylic acids is 1. The van der Waals surface area contributed by atoms with Crippen molar-refractivity contribution >= 4 is 5.91 Å². The van der Waals surface area contributed by atoms with E-state index in [0.29, 0.717) is 6.42 Å². The van der Waals surface area contributed by atoms with Crippen molar-refractivity contribution in [3.05, 3.63) is 0 Å². The Balaban J connectivity index is 2.52. The Labute approximate surface area is 85.8 Å². The van der Waals surface area contributed by atoms with E-state index in [1.54, 1.807) is 0 Å². The fourth-order valence-corrected chi connectivity index (χ4v) is 2.38. The Morgan fingerprint density at radius 3 is 2.71 bits per heavy atom. The number of hydrogen-bond donors (Lipinski definition) is 2. The number of hydrazine groups is 1. The van der Waals surface area contributed by atoms with Crippen LogP contribution in [0.15, 0.2) is 0 Å². The van der Waals surface area contributed by atoms with Gasteiger partial charge < -0.3 is 0 Å². The third-order valence-corrected chi connectivity index (χ3v) is 3.14. The molecule has 0 aromatic heterocycles. The molecule has 14 heavy (non-hydrogen) atoms. The zero-order chi connectivity index (χ0) is 10.8. The second-order valence-electron chi connectivity index (χ2n) is 4.73. The summed E-state index contributed by atoms with van der Waals surface area (Å²) in [5.41, 5.74) is 2.41. The summed E-state index contributed by atoms with van der Waals surface area (Å²) in [7, 11) is 0. The summed E-state index contributed by atoms with van der Waals surface area (Å²) in [6.45, 7) is 7.64. The first-order chi connectivity index (χ1) is 6.47. The van der Waals surface area contributed by atoms with Crippen molar-refractivity contribution in [2.75, 3.05) is 6.54 Å². The molecule has 0 aromatic rings. The minimum Gasteiger partial charge on any atom is -0.295 e. The van der Waals surface area contributed by atoms with Crippen LogP contribution in [0.3, 0.4) is 0 Å². The van der Waals surface area contributed by atoms with Crippen LogP contribution in [-0.4, -0.2) is 28.9 Å². The zero-order valence-corrected chi connectivity index (χ0v) is 9.34. The average molecular weight is 199 g/mol. The number of hydrogen-bond acceptors (Lipinski definition) is 3. The molecular formula is C10H21N3O. The van der Waals surface area contributed by atoms with E-state index in [0.717, 1.165) is 6.54 Å². The summed E-state index contributed by atoms with van der Waals surface area (Å²) in [6.07, 6.45) is 2.92. The number of carbonyl (C=O) groups is 1. The van der Waals surface area contributed by atoms with Crippen LogP contribution >= 0.6 is 0 Å². The summed E-state index contributed by atoms with van der Waals surface area (Å²) in [4.78, 5) is 13.5. The number of amides is 1. The molecule has 1 aliphatic heterocycles. The molecular weight excluding hydrogens is 178 g/mol. The van der Waals surface area contributed by atoms with E-state index < -0.39 is 0 Å². The van der Waals surface area contributed by atoms with Crippen molar-refractivity contribution in [3.63, 3.8) is 0 Å². The molecule has 0 aromatic carbocycles. The van der Waals surface area contributed by atoms with Gasteiger partial charge in [0.1, 0.15) is 0 Å². The van der Waals surface area contributed by atoms with E-state index in [-0.39, 0.29) is 17.5 Å². The number of nitrogens with two attached hydrogens (primary N) is 1. The lowest BCUT2D eigenvalue weighted by Crippen LogP contribution is -2.46. The zero-order valence-electron chi connectivity index (χ0n) is 9.34. The molecule has 4 heteroatoms. The maximum atomic E-state index is 11.1. The fourth-order valence-electron chi connectivity index (χ4n) is 2.38. The van der Waals surface area contributed by atoms with E-state index in [9.17, 15) is 4.79 Å². The molecule has 3 N–H and O–H groups in total. The number of rotatable bonds is 3. The van der Waals surface area contributed by atoms with Gasteiger partial charge in [0.2, 0.25) is 5.91 Å². The molecule has 4 nitrogen and oxygen atoms in total. The minimum absolute atomic E-state index is 0.0831. The third kappa shape index (κ3) is 2.45. The highest BCUT2D eigenvalue weighted by Crippen LogP contribution is 2.30. The molecule has 0 saturated carbocycles. The fraction of sp³-hybridized carbons (Fsp3) is 0.900. The van der Waals surface area contributed by atoms with Crippen molar-refractivity contribution in [2.45, 2.75) is 51.6 Å². The Bertz CT molecular complexity index is 215. The molecule has 0 aliphatic carbocycles. The van der Waals surface area contributed by atoms with Gasteiger partial charge in [-0.2, -0.15) is 0 Å². The second kappa shape index (κ2) is 4.28. The minimum atomic E-state index is -0.0831. The van der Waals surface area contributed by atoms with Crippen LogP contribution in [0.2, 0.25) is 0 Å². The average Bonchev–Trinajstić information content (AvgIpc) is 2.45. The molecule has 0 radical (unpaired) electrons. The van der Waals surface area contributed by atoms with Crippen LogP contribution in [0, 0.1) is 0 Å². The molecule has 0 bridgehead atoms. The Hall–Kier alpha value is -0.610. The second-order valence-corrected chi connectivity index (χ2v) is 4.73. The molecule has 1 heterocycles. The SMILES string of the molecule is CC(CC(=O)NN)N1CCCC1(C)C. The van der Waals surface area contributed by atoms with Gasteiger partial charge >= 0.3 is 0 Å². The molecule has 1 rings (SSSR count). The lowest BCUT2D eigenvalue weighted by molar-refractivity contribution is -0.122.